The van der Waals surface area contributed by atoms with Gasteiger partial charge in [0.1, 0.15) is 0 Å². The van der Waals surface area contributed by atoms with Crippen LogP contribution in [-0.2, 0) is 10.2 Å². The van der Waals surface area contributed by atoms with E-state index < -0.39 is 5.41 Å². The number of amides is 1. The van der Waals surface area contributed by atoms with Crippen molar-refractivity contribution < 1.29 is 4.79 Å². The lowest BCUT2D eigenvalue weighted by atomic mass is 9.76. The van der Waals surface area contributed by atoms with Gasteiger partial charge in [-0.25, -0.2) is 0 Å². The molecule has 0 atom stereocenters. The van der Waals surface area contributed by atoms with Gasteiger partial charge in [0.25, 0.3) is 0 Å². The Hall–Kier alpha value is -3.40. The number of hydrogen-bond acceptors (Lipinski definition) is 2. The Morgan fingerprint density at radius 1 is 0.967 bits per heavy atom. The van der Waals surface area contributed by atoms with E-state index in [0.29, 0.717) is 0 Å². The molecule has 150 valence electrons. The number of nitrogens with zero attached hydrogens (tertiary/aromatic N) is 2. The van der Waals surface area contributed by atoms with Crippen molar-refractivity contribution in [1.29, 1.82) is 0 Å². The van der Waals surface area contributed by atoms with Crippen LogP contribution in [0.3, 0.4) is 0 Å². The van der Waals surface area contributed by atoms with Gasteiger partial charge in [0.2, 0.25) is 5.91 Å². The summed E-state index contributed by atoms with van der Waals surface area (Å²) in [7, 11) is 0. The second-order valence-electron chi connectivity index (χ2n) is 8.07. The number of nitrogens with one attached hydrogen (secondary N) is 1. The third-order valence-corrected chi connectivity index (χ3v) is 6.66. The summed E-state index contributed by atoms with van der Waals surface area (Å²) in [5, 5.41) is 0. The Morgan fingerprint density at radius 3 is 2.33 bits per heavy atom. The number of anilines is 2. The third kappa shape index (κ3) is 2.40. The highest BCUT2D eigenvalue weighted by molar-refractivity contribution is 6.21. The molecule has 0 spiro atoms. The van der Waals surface area contributed by atoms with Gasteiger partial charge in [-0.05, 0) is 61.2 Å². The van der Waals surface area contributed by atoms with E-state index in [-0.39, 0.29) is 5.91 Å². The molecule has 2 aliphatic heterocycles. The molecular formula is C26H25N3O. The van der Waals surface area contributed by atoms with E-state index in [0.717, 1.165) is 52.0 Å². The minimum Gasteiger partial charge on any atom is -0.367 e. The van der Waals surface area contributed by atoms with Gasteiger partial charge in [-0.2, -0.15) is 0 Å². The zero-order valence-electron chi connectivity index (χ0n) is 17.6. The molecule has 3 heterocycles. The Labute approximate surface area is 176 Å². The van der Waals surface area contributed by atoms with Crippen LogP contribution in [0.4, 0.5) is 11.4 Å². The van der Waals surface area contributed by atoms with E-state index in [1.54, 1.807) is 0 Å². The number of pyridine rings is 2. The first-order valence-corrected chi connectivity index (χ1v) is 10.6. The zero-order chi connectivity index (χ0) is 20.9. The highest BCUT2D eigenvalue weighted by Crippen LogP contribution is 2.60. The van der Waals surface area contributed by atoms with Crippen molar-refractivity contribution in [3.63, 3.8) is 0 Å². The summed E-state index contributed by atoms with van der Waals surface area (Å²) in [5.74, 6) is 0.173. The van der Waals surface area contributed by atoms with Crippen molar-refractivity contribution in [3.05, 3.63) is 78.4 Å². The van der Waals surface area contributed by atoms with Crippen LogP contribution in [0.25, 0.3) is 22.3 Å². The molecule has 0 bridgehead atoms. The first kappa shape index (κ1) is 18.6. The molecule has 1 aromatic carbocycles. The SMILES string of the molecule is CCC1(CC)C(=O)N(c2ccc(C)cc2)c2c(-c3ccncc3)c3c[nH]ccc-3c21. The normalized spacial score (nSPS) is 15.0. The number of carbonyl (C=O) groups is 1. The van der Waals surface area contributed by atoms with Crippen molar-refractivity contribution >= 4 is 17.3 Å². The van der Waals surface area contributed by atoms with Gasteiger partial charge in [0.05, 0.1) is 11.1 Å². The van der Waals surface area contributed by atoms with Crippen molar-refractivity contribution in [2.45, 2.75) is 39.0 Å². The van der Waals surface area contributed by atoms with Crippen LogP contribution in [0, 0.1) is 6.92 Å². The second kappa shape index (κ2) is 6.84. The first-order chi connectivity index (χ1) is 14.6. The van der Waals surface area contributed by atoms with Gasteiger partial charge in [0.15, 0.2) is 0 Å². The maximum atomic E-state index is 14.0. The molecule has 1 aromatic heterocycles. The summed E-state index contributed by atoms with van der Waals surface area (Å²) in [6, 6.07) is 14.4. The predicted octanol–water partition coefficient (Wildman–Crippen LogP) is 6.23. The average Bonchev–Trinajstić information content (AvgIpc) is 3.25. The molecule has 0 saturated carbocycles. The number of carbonyl (C=O) groups excluding carboxylic acids is 1. The molecule has 5 rings (SSSR count). The van der Waals surface area contributed by atoms with Gasteiger partial charge in [-0.1, -0.05) is 31.5 Å². The molecule has 4 nitrogen and oxygen atoms in total. The number of aromatic amines is 1. The molecule has 3 aliphatic rings. The maximum absolute atomic E-state index is 14.0. The quantitative estimate of drug-likeness (QED) is 0.445. The topological polar surface area (TPSA) is 49.0 Å². The van der Waals surface area contributed by atoms with Crippen molar-refractivity contribution in [1.82, 2.24) is 9.97 Å². The smallest absolute Gasteiger partial charge is 0.242 e. The molecule has 0 fully saturated rings. The zero-order valence-corrected chi connectivity index (χ0v) is 17.6. The molecule has 1 amide bonds. The largest absolute Gasteiger partial charge is 0.367 e. The number of hydrogen-bond donors (Lipinski definition) is 1. The predicted molar refractivity (Wildman–Crippen MR) is 121 cm³/mol. The summed E-state index contributed by atoms with van der Waals surface area (Å²) in [6.07, 6.45) is 9.17. The van der Waals surface area contributed by atoms with E-state index in [2.05, 4.69) is 67.3 Å². The van der Waals surface area contributed by atoms with Gasteiger partial charge in [-0.15, -0.1) is 0 Å². The summed E-state index contributed by atoms with van der Waals surface area (Å²) < 4.78 is 0. The third-order valence-electron chi connectivity index (χ3n) is 6.66. The molecular weight excluding hydrogens is 370 g/mol. The molecule has 0 unspecified atom stereocenters. The van der Waals surface area contributed by atoms with Gasteiger partial charge >= 0.3 is 0 Å². The standard InChI is InChI=1S/C26H25N3O/c1-4-26(5-2)23-20-12-15-28-16-21(20)22(18-10-13-27-14-11-18)24(23)29(25(26)30)19-8-6-17(3)7-9-19/h6-16,28H,4-5H2,1-3H3. The monoisotopic (exact) mass is 395 g/mol. The van der Waals surface area contributed by atoms with Crippen LogP contribution < -0.4 is 4.90 Å². The van der Waals surface area contributed by atoms with E-state index in [9.17, 15) is 4.79 Å². The van der Waals surface area contributed by atoms with Crippen LogP contribution in [0.15, 0.2) is 67.3 Å². The molecule has 0 saturated heterocycles. The Kier molecular flexibility index (Phi) is 4.24. The van der Waals surface area contributed by atoms with E-state index in [4.69, 9.17) is 0 Å². The lowest BCUT2D eigenvalue weighted by Gasteiger charge is -2.28. The van der Waals surface area contributed by atoms with Crippen molar-refractivity contribution in [2.24, 2.45) is 0 Å². The van der Waals surface area contributed by atoms with Gasteiger partial charge in [0, 0.05) is 47.2 Å². The fourth-order valence-corrected chi connectivity index (χ4v) is 5.02. The number of aromatic nitrogens is 2. The van der Waals surface area contributed by atoms with Crippen LogP contribution in [0.5, 0.6) is 0 Å². The molecule has 30 heavy (non-hydrogen) atoms. The van der Waals surface area contributed by atoms with Crippen LogP contribution in [0.1, 0.15) is 37.8 Å². The minimum absolute atomic E-state index is 0.173. The first-order valence-electron chi connectivity index (χ1n) is 10.6. The summed E-state index contributed by atoms with van der Waals surface area (Å²) >= 11 is 0. The summed E-state index contributed by atoms with van der Waals surface area (Å²) in [6.45, 7) is 6.33. The molecule has 2 aromatic rings. The molecule has 4 heteroatoms. The van der Waals surface area contributed by atoms with Gasteiger partial charge in [-0.3, -0.25) is 14.7 Å². The molecule has 0 radical (unpaired) electrons. The van der Waals surface area contributed by atoms with E-state index in [1.807, 2.05) is 35.6 Å². The average molecular weight is 396 g/mol. The minimum atomic E-state index is -0.523. The van der Waals surface area contributed by atoms with E-state index in [1.165, 1.54) is 5.56 Å². The van der Waals surface area contributed by atoms with Crippen LogP contribution in [0.2, 0.25) is 0 Å². The molecule has 1 aliphatic carbocycles. The number of H-pyrrole nitrogens is 1. The van der Waals surface area contributed by atoms with Gasteiger partial charge < -0.3 is 4.98 Å². The Morgan fingerprint density at radius 2 is 1.67 bits per heavy atom. The summed E-state index contributed by atoms with van der Waals surface area (Å²) in [5.41, 5.74) is 8.23. The highest BCUT2D eigenvalue weighted by atomic mass is 16.2. The van der Waals surface area contributed by atoms with Crippen LogP contribution >= 0.6 is 0 Å². The lowest BCUT2D eigenvalue weighted by molar-refractivity contribution is -0.122. The number of benzene rings is 1. The number of rotatable bonds is 4. The fourth-order valence-electron chi connectivity index (χ4n) is 5.02. The Bertz CT molecular complexity index is 1190. The maximum Gasteiger partial charge on any atom is 0.242 e. The number of fused-ring (bicyclic) bond motifs is 3. The fraction of sp³-hybridized carbons (Fsp3) is 0.231. The highest BCUT2D eigenvalue weighted by Gasteiger charge is 2.53. The summed E-state index contributed by atoms with van der Waals surface area (Å²) in [4.78, 5) is 23.4. The lowest BCUT2D eigenvalue weighted by Crippen LogP contribution is -2.38. The van der Waals surface area contributed by atoms with Crippen molar-refractivity contribution in [2.75, 3.05) is 4.90 Å². The van der Waals surface area contributed by atoms with E-state index >= 15 is 0 Å². The van der Waals surface area contributed by atoms with Crippen molar-refractivity contribution in [3.8, 4) is 22.3 Å². The Balaban J connectivity index is 1.91. The number of aryl methyl sites for hydroxylation is 1. The second-order valence-corrected chi connectivity index (χ2v) is 8.07. The molecule has 1 N–H and O–H groups in total. The van der Waals surface area contributed by atoms with Crippen LogP contribution in [-0.4, -0.2) is 15.9 Å².